The number of cyclic esters (lactones) is 1. The molecule has 122 valence electrons. The number of hydrogen-bond donors (Lipinski definition) is 0. The van der Waals surface area contributed by atoms with Crippen LogP contribution in [0.3, 0.4) is 0 Å². The molecule has 1 aromatic carbocycles. The molecule has 0 bridgehead atoms. The number of rotatable bonds is 2. The van der Waals surface area contributed by atoms with Crippen LogP contribution in [0.1, 0.15) is 37.3 Å². The summed E-state index contributed by atoms with van der Waals surface area (Å²) in [7, 11) is 0. The second kappa shape index (κ2) is 5.53. The van der Waals surface area contributed by atoms with E-state index in [1.165, 1.54) is 0 Å². The van der Waals surface area contributed by atoms with Gasteiger partial charge in [-0.25, -0.2) is 4.79 Å². The molecule has 0 unspecified atom stereocenters. The molecule has 23 heavy (non-hydrogen) atoms. The van der Waals surface area contributed by atoms with Gasteiger partial charge in [0.25, 0.3) is 0 Å². The second-order valence-corrected chi connectivity index (χ2v) is 6.22. The summed E-state index contributed by atoms with van der Waals surface area (Å²) in [6.45, 7) is 0.826. The van der Waals surface area contributed by atoms with Crippen LogP contribution in [0.5, 0.6) is 0 Å². The van der Waals surface area contributed by atoms with Gasteiger partial charge in [0.2, 0.25) is 5.79 Å². The van der Waals surface area contributed by atoms with E-state index in [9.17, 15) is 9.59 Å². The van der Waals surface area contributed by atoms with Gasteiger partial charge in [-0.05, 0) is 18.4 Å². The molecule has 0 radical (unpaired) electrons. The first kappa shape index (κ1) is 14.5. The van der Waals surface area contributed by atoms with Gasteiger partial charge in [-0.15, -0.1) is 0 Å². The lowest BCUT2D eigenvalue weighted by atomic mass is 9.94. The zero-order valence-electron chi connectivity index (χ0n) is 12.8. The molecule has 3 fully saturated rings. The largest absolute Gasteiger partial charge is 0.447 e. The first-order chi connectivity index (χ1) is 11.2. The van der Waals surface area contributed by atoms with Crippen molar-refractivity contribution in [2.45, 2.75) is 43.6 Å². The van der Waals surface area contributed by atoms with Gasteiger partial charge in [0.05, 0.1) is 19.1 Å². The van der Waals surface area contributed by atoms with Crippen molar-refractivity contribution in [3.05, 3.63) is 35.9 Å². The van der Waals surface area contributed by atoms with Crippen LogP contribution in [0, 0.1) is 0 Å². The fourth-order valence-corrected chi connectivity index (χ4v) is 3.77. The SMILES string of the molecule is O=C1C[C@H](N2C(=O)OC[C@@H]2c2ccccc2)[C@]2(CCCCO2)O1. The van der Waals surface area contributed by atoms with Crippen LogP contribution in [-0.4, -0.2) is 42.0 Å². The quantitative estimate of drug-likeness (QED) is 0.784. The molecule has 1 amide bonds. The molecule has 3 saturated heterocycles. The summed E-state index contributed by atoms with van der Waals surface area (Å²) in [5, 5.41) is 0. The van der Waals surface area contributed by atoms with Crippen LogP contribution in [-0.2, 0) is 19.0 Å². The molecule has 0 N–H and O–H groups in total. The summed E-state index contributed by atoms with van der Waals surface area (Å²) in [6, 6.07) is 9.07. The molecular formula is C17H19NO5. The van der Waals surface area contributed by atoms with Gasteiger partial charge < -0.3 is 14.2 Å². The Balaban J connectivity index is 1.68. The molecule has 0 aromatic heterocycles. The van der Waals surface area contributed by atoms with Crippen LogP contribution < -0.4 is 0 Å². The number of amides is 1. The molecule has 3 aliphatic heterocycles. The predicted molar refractivity (Wildman–Crippen MR) is 79.4 cm³/mol. The van der Waals surface area contributed by atoms with Crippen LogP contribution in [0.4, 0.5) is 4.79 Å². The van der Waals surface area contributed by atoms with Crippen molar-refractivity contribution >= 4 is 12.1 Å². The minimum absolute atomic E-state index is 0.151. The van der Waals surface area contributed by atoms with Crippen molar-refractivity contribution in [2.75, 3.05) is 13.2 Å². The van der Waals surface area contributed by atoms with Crippen molar-refractivity contribution in [2.24, 2.45) is 0 Å². The van der Waals surface area contributed by atoms with Gasteiger partial charge in [-0.3, -0.25) is 9.69 Å². The lowest BCUT2D eigenvalue weighted by Crippen LogP contribution is -2.54. The third kappa shape index (κ3) is 2.37. The first-order valence-electron chi connectivity index (χ1n) is 8.05. The van der Waals surface area contributed by atoms with Crippen molar-refractivity contribution in [1.29, 1.82) is 0 Å². The maximum atomic E-state index is 12.4. The Morgan fingerprint density at radius 1 is 1.13 bits per heavy atom. The summed E-state index contributed by atoms with van der Waals surface area (Å²) in [6.07, 6.45) is 2.23. The molecule has 3 aliphatic rings. The minimum atomic E-state index is -1.01. The smallest absolute Gasteiger partial charge is 0.410 e. The molecular weight excluding hydrogens is 298 g/mol. The Kier molecular flexibility index (Phi) is 3.49. The standard InChI is InChI=1S/C17H19NO5/c19-15-10-14(17(23-15)8-4-5-9-22-17)18-13(11-21-16(18)20)12-6-2-1-3-7-12/h1-3,6-7,13-14H,4-5,8-11H2/t13-,14+,17+/m1/s1. The van der Waals surface area contributed by atoms with E-state index in [1.54, 1.807) is 4.90 Å². The highest BCUT2D eigenvalue weighted by Gasteiger charge is 2.58. The molecule has 6 nitrogen and oxygen atoms in total. The Hall–Kier alpha value is -2.08. The summed E-state index contributed by atoms with van der Waals surface area (Å²) >= 11 is 0. The van der Waals surface area contributed by atoms with Gasteiger partial charge >= 0.3 is 12.1 Å². The van der Waals surface area contributed by atoms with Gasteiger partial charge in [0, 0.05) is 6.42 Å². The van der Waals surface area contributed by atoms with Gasteiger partial charge in [0.15, 0.2) is 0 Å². The van der Waals surface area contributed by atoms with Crippen molar-refractivity contribution in [3.8, 4) is 0 Å². The fourth-order valence-electron chi connectivity index (χ4n) is 3.77. The summed E-state index contributed by atoms with van der Waals surface area (Å²) in [4.78, 5) is 26.0. The average molecular weight is 317 g/mol. The molecule has 1 aromatic rings. The zero-order chi connectivity index (χ0) is 15.9. The molecule has 0 aliphatic carbocycles. The fraction of sp³-hybridized carbons (Fsp3) is 0.529. The van der Waals surface area contributed by atoms with Crippen LogP contribution in [0.15, 0.2) is 30.3 Å². The average Bonchev–Trinajstić information content (AvgIpc) is 3.09. The number of benzene rings is 1. The lowest BCUT2D eigenvalue weighted by molar-refractivity contribution is -0.245. The van der Waals surface area contributed by atoms with Crippen LogP contribution in [0.25, 0.3) is 0 Å². The number of hydrogen-bond acceptors (Lipinski definition) is 5. The Morgan fingerprint density at radius 3 is 2.70 bits per heavy atom. The predicted octanol–water partition coefficient (Wildman–Crippen LogP) is 2.39. The van der Waals surface area contributed by atoms with E-state index in [4.69, 9.17) is 14.2 Å². The van der Waals surface area contributed by atoms with E-state index in [2.05, 4.69) is 0 Å². The maximum Gasteiger partial charge on any atom is 0.410 e. The minimum Gasteiger partial charge on any atom is -0.447 e. The van der Waals surface area contributed by atoms with E-state index in [0.29, 0.717) is 13.0 Å². The van der Waals surface area contributed by atoms with E-state index < -0.39 is 17.9 Å². The maximum absolute atomic E-state index is 12.4. The third-order valence-electron chi connectivity index (χ3n) is 4.85. The van der Waals surface area contributed by atoms with Gasteiger partial charge in [0.1, 0.15) is 12.6 Å². The summed E-state index contributed by atoms with van der Waals surface area (Å²) in [5.74, 6) is -1.32. The van der Waals surface area contributed by atoms with E-state index >= 15 is 0 Å². The number of carbonyl (C=O) groups is 2. The molecule has 1 spiro atoms. The molecule has 3 atom stereocenters. The number of nitrogens with zero attached hydrogens (tertiary/aromatic N) is 1. The van der Waals surface area contributed by atoms with Crippen LogP contribution >= 0.6 is 0 Å². The summed E-state index contributed by atoms with van der Waals surface area (Å²) in [5.41, 5.74) is 0.989. The van der Waals surface area contributed by atoms with Crippen molar-refractivity contribution in [1.82, 2.24) is 4.90 Å². The third-order valence-corrected chi connectivity index (χ3v) is 4.85. The lowest BCUT2D eigenvalue weighted by Gasteiger charge is -2.40. The Labute approximate surface area is 134 Å². The highest BCUT2D eigenvalue weighted by Crippen LogP contribution is 2.43. The number of carbonyl (C=O) groups excluding carboxylic acids is 2. The molecule has 3 heterocycles. The number of esters is 1. The zero-order valence-corrected chi connectivity index (χ0v) is 12.8. The molecule has 0 saturated carbocycles. The molecule has 6 heteroatoms. The second-order valence-electron chi connectivity index (χ2n) is 6.22. The highest BCUT2D eigenvalue weighted by atomic mass is 16.7. The Bertz CT molecular complexity index is 611. The van der Waals surface area contributed by atoms with E-state index in [-0.39, 0.29) is 25.0 Å². The van der Waals surface area contributed by atoms with Gasteiger partial charge in [-0.2, -0.15) is 0 Å². The number of ether oxygens (including phenoxy) is 3. The van der Waals surface area contributed by atoms with E-state index in [0.717, 1.165) is 18.4 Å². The molecule has 4 rings (SSSR count). The first-order valence-corrected chi connectivity index (χ1v) is 8.05. The Morgan fingerprint density at radius 2 is 1.96 bits per heavy atom. The highest BCUT2D eigenvalue weighted by molar-refractivity contribution is 5.77. The van der Waals surface area contributed by atoms with Crippen molar-refractivity contribution < 1.29 is 23.8 Å². The van der Waals surface area contributed by atoms with Crippen molar-refractivity contribution in [3.63, 3.8) is 0 Å². The monoisotopic (exact) mass is 317 g/mol. The van der Waals surface area contributed by atoms with Crippen LogP contribution in [0.2, 0.25) is 0 Å². The van der Waals surface area contributed by atoms with E-state index in [1.807, 2.05) is 30.3 Å². The van der Waals surface area contributed by atoms with Gasteiger partial charge in [-0.1, -0.05) is 30.3 Å². The topological polar surface area (TPSA) is 65.1 Å². The summed E-state index contributed by atoms with van der Waals surface area (Å²) < 4.78 is 16.7. The normalized spacial score (nSPS) is 33.8.